The van der Waals surface area contributed by atoms with Gasteiger partial charge in [-0.05, 0) is 17.5 Å². The normalized spacial score (nSPS) is 11.6. The Kier molecular flexibility index (Phi) is 4.02. The Morgan fingerprint density at radius 3 is 2.79 bits per heavy atom. The molecular weight excluding hydrogens is 262 g/mol. The predicted octanol–water partition coefficient (Wildman–Crippen LogP) is 3.03. The highest BCUT2D eigenvalue weighted by Crippen LogP contribution is 2.29. The number of fused-ring (bicyclic) bond motifs is 1. The summed E-state index contributed by atoms with van der Waals surface area (Å²) in [7, 11) is 0. The summed E-state index contributed by atoms with van der Waals surface area (Å²) in [5, 5.41) is 4.74. The molecule has 2 aromatic carbocycles. The number of carbonyl (C=O) groups excluding carboxylic acids is 1. The molecule has 0 saturated carbocycles. The number of alkyl halides is 1. The molecule has 0 saturated heterocycles. The third kappa shape index (κ3) is 3.23. The number of hydrogen-bond donors (Lipinski definition) is 2. The second-order valence-corrected chi connectivity index (χ2v) is 4.40. The molecule has 2 rings (SSSR count). The molecule has 4 nitrogen and oxygen atoms in total. The average molecular weight is 276 g/mol. The largest absolute Gasteiger partial charge is 0.386 e. The SMILES string of the molecule is CC(=O)Nc1cc(N=C(N)CCl)cc2ccccc12. The maximum atomic E-state index is 11.3. The lowest BCUT2D eigenvalue weighted by molar-refractivity contribution is -0.114. The molecule has 0 fully saturated rings. The van der Waals surface area contributed by atoms with E-state index >= 15 is 0 Å². The van der Waals surface area contributed by atoms with Gasteiger partial charge in [0.1, 0.15) is 5.84 Å². The number of rotatable bonds is 3. The summed E-state index contributed by atoms with van der Waals surface area (Å²) in [6.45, 7) is 1.47. The van der Waals surface area contributed by atoms with Crippen LogP contribution < -0.4 is 11.1 Å². The van der Waals surface area contributed by atoms with Crippen molar-refractivity contribution in [1.29, 1.82) is 0 Å². The van der Waals surface area contributed by atoms with E-state index in [0.29, 0.717) is 17.2 Å². The minimum atomic E-state index is -0.128. The number of benzene rings is 2. The van der Waals surface area contributed by atoms with Gasteiger partial charge in [0.25, 0.3) is 0 Å². The van der Waals surface area contributed by atoms with Crippen molar-refractivity contribution in [3.8, 4) is 0 Å². The van der Waals surface area contributed by atoms with Gasteiger partial charge in [0.05, 0.1) is 17.3 Å². The van der Waals surface area contributed by atoms with Gasteiger partial charge in [-0.2, -0.15) is 0 Å². The smallest absolute Gasteiger partial charge is 0.221 e. The summed E-state index contributed by atoms with van der Waals surface area (Å²) in [5.41, 5.74) is 7.01. The van der Waals surface area contributed by atoms with E-state index in [4.69, 9.17) is 17.3 Å². The molecule has 0 aliphatic rings. The minimum absolute atomic E-state index is 0.128. The van der Waals surface area contributed by atoms with Crippen LogP contribution in [0.4, 0.5) is 11.4 Å². The third-order valence-electron chi connectivity index (χ3n) is 2.57. The summed E-state index contributed by atoms with van der Waals surface area (Å²) >= 11 is 5.62. The van der Waals surface area contributed by atoms with Gasteiger partial charge in [-0.15, -0.1) is 11.6 Å². The summed E-state index contributed by atoms with van der Waals surface area (Å²) < 4.78 is 0. The van der Waals surface area contributed by atoms with Gasteiger partial charge < -0.3 is 11.1 Å². The maximum absolute atomic E-state index is 11.3. The number of hydrogen-bond acceptors (Lipinski definition) is 2. The molecule has 0 spiro atoms. The minimum Gasteiger partial charge on any atom is -0.386 e. The monoisotopic (exact) mass is 275 g/mol. The zero-order chi connectivity index (χ0) is 13.8. The van der Waals surface area contributed by atoms with Crippen LogP contribution in [0, 0.1) is 0 Å². The van der Waals surface area contributed by atoms with Crippen molar-refractivity contribution >= 4 is 45.5 Å². The van der Waals surface area contributed by atoms with E-state index in [1.807, 2.05) is 30.3 Å². The molecule has 98 valence electrons. The molecule has 5 heteroatoms. The number of amides is 1. The first-order valence-corrected chi connectivity index (χ1v) is 6.33. The van der Waals surface area contributed by atoms with Gasteiger partial charge in [-0.1, -0.05) is 24.3 Å². The van der Waals surface area contributed by atoms with Crippen LogP contribution in [0.25, 0.3) is 10.8 Å². The fraction of sp³-hybridized carbons (Fsp3) is 0.143. The highest BCUT2D eigenvalue weighted by molar-refractivity contribution is 6.28. The summed E-state index contributed by atoms with van der Waals surface area (Å²) in [6.07, 6.45) is 0. The molecule has 0 aromatic heterocycles. The van der Waals surface area contributed by atoms with Crippen LogP contribution in [0.1, 0.15) is 6.92 Å². The molecular formula is C14H14ClN3O. The molecule has 0 aliphatic heterocycles. The number of amidine groups is 1. The molecule has 3 N–H and O–H groups in total. The van der Waals surface area contributed by atoms with E-state index in [2.05, 4.69) is 10.3 Å². The molecule has 19 heavy (non-hydrogen) atoms. The first-order valence-electron chi connectivity index (χ1n) is 5.79. The number of nitrogens with two attached hydrogens (primary N) is 1. The molecule has 0 atom stereocenters. The Bertz CT molecular complexity index is 652. The molecule has 0 unspecified atom stereocenters. The van der Waals surface area contributed by atoms with Gasteiger partial charge in [0.2, 0.25) is 5.91 Å². The van der Waals surface area contributed by atoms with Crippen molar-refractivity contribution < 1.29 is 4.79 Å². The average Bonchev–Trinajstić information content (AvgIpc) is 2.38. The Labute approximate surface area is 116 Å². The molecule has 2 aromatic rings. The van der Waals surface area contributed by atoms with Crippen molar-refractivity contribution in [2.75, 3.05) is 11.2 Å². The second-order valence-electron chi connectivity index (χ2n) is 4.13. The molecule has 0 bridgehead atoms. The quantitative estimate of drug-likeness (QED) is 0.514. The number of nitrogens with one attached hydrogen (secondary N) is 1. The standard InChI is InChI=1S/C14H14ClN3O/c1-9(19)17-13-7-11(18-14(16)8-15)6-10-4-2-3-5-12(10)13/h2-7H,8H2,1H3,(H2,16,18)(H,17,19). The van der Waals surface area contributed by atoms with Crippen molar-refractivity contribution in [3.05, 3.63) is 36.4 Å². The Morgan fingerprint density at radius 1 is 1.37 bits per heavy atom. The number of aliphatic imine (C=N–C) groups is 1. The zero-order valence-corrected chi connectivity index (χ0v) is 11.2. The van der Waals surface area contributed by atoms with Crippen molar-refractivity contribution in [1.82, 2.24) is 0 Å². The molecule has 1 amide bonds. The summed E-state index contributed by atoms with van der Waals surface area (Å²) in [6, 6.07) is 11.4. The number of anilines is 1. The Balaban J connectivity index is 2.59. The first-order chi connectivity index (χ1) is 9.10. The fourth-order valence-electron chi connectivity index (χ4n) is 1.85. The zero-order valence-electron chi connectivity index (χ0n) is 10.5. The van der Waals surface area contributed by atoms with E-state index in [1.54, 1.807) is 6.07 Å². The van der Waals surface area contributed by atoms with Crippen LogP contribution >= 0.6 is 11.6 Å². The van der Waals surface area contributed by atoms with Crippen LogP contribution in [0.3, 0.4) is 0 Å². The maximum Gasteiger partial charge on any atom is 0.221 e. The second kappa shape index (κ2) is 5.71. The van der Waals surface area contributed by atoms with Gasteiger partial charge in [0.15, 0.2) is 0 Å². The number of nitrogens with zero attached hydrogens (tertiary/aromatic N) is 1. The van der Waals surface area contributed by atoms with Crippen molar-refractivity contribution in [2.24, 2.45) is 10.7 Å². The van der Waals surface area contributed by atoms with Crippen LogP contribution in [0.2, 0.25) is 0 Å². The van der Waals surface area contributed by atoms with Crippen molar-refractivity contribution in [3.63, 3.8) is 0 Å². The van der Waals surface area contributed by atoms with Crippen LogP contribution in [-0.2, 0) is 4.79 Å². The highest BCUT2D eigenvalue weighted by Gasteiger charge is 2.05. The van der Waals surface area contributed by atoms with E-state index < -0.39 is 0 Å². The summed E-state index contributed by atoms with van der Waals surface area (Å²) in [4.78, 5) is 15.5. The van der Waals surface area contributed by atoms with Crippen LogP contribution in [-0.4, -0.2) is 17.6 Å². The highest BCUT2D eigenvalue weighted by atomic mass is 35.5. The lowest BCUT2D eigenvalue weighted by Gasteiger charge is -2.09. The lowest BCUT2D eigenvalue weighted by Crippen LogP contribution is -2.12. The summed E-state index contributed by atoms with van der Waals surface area (Å²) in [5.74, 6) is 0.379. The Morgan fingerprint density at radius 2 is 2.11 bits per heavy atom. The van der Waals surface area contributed by atoms with Gasteiger partial charge in [-0.25, -0.2) is 4.99 Å². The van der Waals surface area contributed by atoms with Gasteiger partial charge in [0, 0.05) is 12.3 Å². The Hall–Kier alpha value is -2.07. The third-order valence-corrected chi connectivity index (χ3v) is 2.84. The number of halogens is 1. The predicted molar refractivity (Wildman–Crippen MR) is 80.3 cm³/mol. The van der Waals surface area contributed by atoms with Crippen LogP contribution in [0.15, 0.2) is 41.4 Å². The van der Waals surface area contributed by atoms with E-state index in [1.165, 1.54) is 6.92 Å². The van der Waals surface area contributed by atoms with E-state index in [-0.39, 0.29) is 11.8 Å². The van der Waals surface area contributed by atoms with Gasteiger partial charge in [-0.3, -0.25) is 4.79 Å². The first kappa shape index (κ1) is 13.4. The topological polar surface area (TPSA) is 67.5 Å². The molecule has 0 aliphatic carbocycles. The van der Waals surface area contributed by atoms with E-state index in [9.17, 15) is 4.79 Å². The number of carbonyl (C=O) groups is 1. The van der Waals surface area contributed by atoms with Crippen LogP contribution in [0.5, 0.6) is 0 Å². The lowest BCUT2D eigenvalue weighted by atomic mass is 10.1. The molecule has 0 radical (unpaired) electrons. The van der Waals surface area contributed by atoms with Gasteiger partial charge >= 0.3 is 0 Å². The fourth-order valence-corrected chi connectivity index (χ4v) is 1.91. The van der Waals surface area contributed by atoms with E-state index in [0.717, 1.165) is 10.8 Å². The molecule has 0 heterocycles. The van der Waals surface area contributed by atoms with Crippen molar-refractivity contribution in [2.45, 2.75) is 6.92 Å².